The summed E-state index contributed by atoms with van der Waals surface area (Å²) in [4.78, 5) is 29.7. The smallest absolute Gasteiger partial charge is 0.262 e. The van der Waals surface area contributed by atoms with Crippen molar-refractivity contribution in [1.82, 2.24) is 5.01 Å². The lowest BCUT2D eigenvalue weighted by Crippen LogP contribution is -2.25. The molecule has 3 aromatic carbocycles. The number of anilines is 1. The van der Waals surface area contributed by atoms with Gasteiger partial charge in [-0.3, -0.25) is 9.59 Å². The number of nitrogens with zero attached hydrogens (tertiary/aromatic N) is 3. The zero-order valence-electron chi connectivity index (χ0n) is 20.3. The molecule has 0 radical (unpaired) electrons. The average Bonchev–Trinajstić information content (AvgIpc) is 3.49. The zero-order chi connectivity index (χ0) is 25.9. The van der Waals surface area contributed by atoms with Crippen molar-refractivity contribution in [2.75, 3.05) is 12.4 Å². The van der Waals surface area contributed by atoms with E-state index in [9.17, 15) is 9.59 Å². The van der Waals surface area contributed by atoms with Crippen LogP contribution in [-0.2, 0) is 9.59 Å². The molecule has 2 amide bonds. The second-order valence-electron chi connectivity index (χ2n) is 8.85. The maximum Gasteiger partial charge on any atom is 0.262 e. The number of thioether (sulfide) groups is 1. The number of halogens is 1. The predicted molar refractivity (Wildman–Crippen MR) is 148 cm³/mol. The topological polar surface area (TPSA) is 83.4 Å². The number of hydrogen-bond acceptors (Lipinski definition) is 6. The minimum absolute atomic E-state index is 0.0229. The highest BCUT2D eigenvalue weighted by molar-refractivity contribution is 8.15. The van der Waals surface area contributed by atoms with Crippen LogP contribution >= 0.6 is 23.4 Å². The summed E-state index contributed by atoms with van der Waals surface area (Å²) in [6, 6.07) is 22.7. The third-order valence-electron chi connectivity index (χ3n) is 6.20. The number of nitrogens with one attached hydrogen (secondary N) is 1. The fourth-order valence-corrected chi connectivity index (χ4v) is 5.50. The Morgan fingerprint density at radius 1 is 1.14 bits per heavy atom. The Labute approximate surface area is 224 Å². The first-order chi connectivity index (χ1) is 17.9. The van der Waals surface area contributed by atoms with Crippen LogP contribution in [0.25, 0.3) is 0 Å². The van der Waals surface area contributed by atoms with Crippen LogP contribution in [-0.4, -0.2) is 40.1 Å². The molecule has 0 saturated carbocycles. The number of amidine groups is 1. The molecule has 0 saturated heterocycles. The number of carbonyl (C=O) groups is 2. The van der Waals surface area contributed by atoms with Gasteiger partial charge in [0, 0.05) is 23.6 Å². The van der Waals surface area contributed by atoms with Crippen molar-refractivity contribution >= 4 is 51.7 Å². The lowest BCUT2D eigenvalue weighted by atomic mass is 9.98. The van der Waals surface area contributed by atoms with E-state index < -0.39 is 5.25 Å². The summed E-state index contributed by atoms with van der Waals surface area (Å²) in [6.07, 6.45) is 0.633. The van der Waals surface area contributed by atoms with Crippen molar-refractivity contribution in [3.8, 4) is 5.75 Å². The van der Waals surface area contributed by atoms with E-state index in [2.05, 4.69) is 10.3 Å². The molecule has 0 aliphatic carbocycles. The van der Waals surface area contributed by atoms with Gasteiger partial charge in [0.1, 0.15) is 11.0 Å². The molecule has 0 aromatic heterocycles. The number of methoxy groups -OCH3 is 1. The van der Waals surface area contributed by atoms with Crippen LogP contribution < -0.4 is 10.1 Å². The largest absolute Gasteiger partial charge is 0.497 e. The Morgan fingerprint density at radius 3 is 2.59 bits per heavy atom. The summed E-state index contributed by atoms with van der Waals surface area (Å²) in [5.74, 6) is 0.192. The van der Waals surface area contributed by atoms with Gasteiger partial charge in [-0.25, -0.2) is 5.01 Å². The van der Waals surface area contributed by atoms with Gasteiger partial charge in [0.25, 0.3) is 5.91 Å². The lowest BCUT2D eigenvalue weighted by Gasteiger charge is -2.23. The van der Waals surface area contributed by atoms with Crippen molar-refractivity contribution in [3.05, 3.63) is 94.5 Å². The highest BCUT2D eigenvalue weighted by Gasteiger charge is 2.39. The van der Waals surface area contributed by atoms with Gasteiger partial charge in [0.15, 0.2) is 5.17 Å². The monoisotopic (exact) mass is 532 g/mol. The molecule has 3 aromatic rings. The summed E-state index contributed by atoms with van der Waals surface area (Å²) in [5.41, 5.74) is 4.59. The van der Waals surface area contributed by atoms with E-state index in [1.54, 1.807) is 12.1 Å². The number of rotatable bonds is 6. The van der Waals surface area contributed by atoms with Crippen molar-refractivity contribution in [1.29, 1.82) is 0 Å². The van der Waals surface area contributed by atoms with Gasteiger partial charge in [0.05, 0.1) is 18.9 Å². The number of ether oxygens (including phenoxy) is 1. The Hall–Kier alpha value is -3.62. The van der Waals surface area contributed by atoms with Crippen LogP contribution in [0.4, 0.5) is 5.69 Å². The molecule has 1 N–H and O–H groups in total. The molecule has 2 aliphatic rings. The average molecular weight is 533 g/mol. The SMILES string of the molecule is COc1ccc(C2=NN(C3=NC(=O)[C@H](CC(=O)Nc4ccc(C)cc4)S3)[C@H](c3cccc(Cl)c3)C2)cc1. The standard InChI is InChI=1S/C28H25ClN4O3S/c1-17-6-10-21(11-7-17)30-26(34)16-25-27(35)31-28(37-25)33-24(19-4-3-5-20(29)14-19)15-23(32-33)18-8-12-22(36-2)13-9-18/h3-14,24-25H,15-16H2,1-2H3,(H,30,34)/t24-,25-/m0/s1. The third kappa shape index (κ3) is 5.70. The van der Waals surface area contributed by atoms with E-state index in [4.69, 9.17) is 21.4 Å². The molecule has 0 spiro atoms. The van der Waals surface area contributed by atoms with Gasteiger partial charge in [-0.2, -0.15) is 10.1 Å². The summed E-state index contributed by atoms with van der Waals surface area (Å²) >= 11 is 7.56. The lowest BCUT2D eigenvalue weighted by molar-refractivity contribution is -0.121. The van der Waals surface area contributed by atoms with Crippen molar-refractivity contribution in [2.24, 2.45) is 10.1 Å². The van der Waals surface area contributed by atoms with E-state index in [1.807, 2.05) is 79.7 Å². The molecule has 0 unspecified atom stereocenters. The number of amides is 2. The van der Waals surface area contributed by atoms with Crippen LogP contribution in [0.1, 0.15) is 35.6 Å². The van der Waals surface area contributed by atoms with E-state index in [0.29, 0.717) is 22.3 Å². The predicted octanol–water partition coefficient (Wildman–Crippen LogP) is 5.83. The summed E-state index contributed by atoms with van der Waals surface area (Å²) in [6.45, 7) is 1.98. The molecule has 7 nitrogen and oxygen atoms in total. The number of aliphatic imine (C=N–C) groups is 1. The second-order valence-corrected chi connectivity index (χ2v) is 10.5. The van der Waals surface area contributed by atoms with Gasteiger partial charge in [-0.05, 0) is 66.6 Å². The maximum atomic E-state index is 12.8. The maximum absolute atomic E-state index is 12.8. The highest BCUT2D eigenvalue weighted by Crippen LogP contribution is 2.39. The first kappa shape index (κ1) is 25.0. The van der Waals surface area contributed by atoms with Crippen molar-refractivity contribution < 1.29 is 14.3 Å². The number of benzene rings is 3. The molecular formula is C28H25ClN4O3S. The second kappa shape index (κ2) is 10.8. The molecule has 188 valence electrons. The van der Waals surface area contributed by atoms with Gasteiger partial charge >= 0.3 is 0 Å². The van der Waals surface area contributed by atoms with Gasteiger partial charge < -0.3 is 10.1 Å². The van der Waals surface area contributed by atoms with Crippen LogP contribution in [0.5, 0.6) is 5.75 Å². The number of carbonyl (C=O) groups excluding carboxylic acids is 2. The van der Waals surface area contributed by atoms with Crippen molar-refractivity contribution in [2.45, 2.75) is 31.1 Å². The van der Waals surface area contributed by atoms with Crippen LogP contribution in [0.15, 0.2) is 82.9 Å². The first-order valence-corrected chi connectivity index (χ1v) is 13.1. The van der Waals surface area contributed by atoms with Gasteiger partial charge in [-0.1, -0.05) is 53.2 Å². The molecule has 9 heteroatoms. The zero-order valence-corrected chi connectivity index (χ0v) is 21.9. The number of hydrazone groups is 1. The molecule has 0 bridgehead atoms. The van der Waals surface area contributed by atoms with E-state index in [0.717, 1.165) is 28.2 Å². The third-order valence-corrected chi connectivity index (χ3v) is 7.58. The number of aryl methyl sites for hydroxylation is 1. The Bertz CT molecular complexity index is 1390. The van der Waals surface area contributed by atoms with E-state index >= 15 is 0 Å². The molecule has 2 heterocycles. The Balaban J connectivity index is 1.35. The minimum atomic E-state index is -0.610. The van der Waals surface area contributed by atoms with Crippen LogP contribution in [0.3, 0.4) is 0 Å². The summed E-state index contributed by atoms with van der Waals surface area (Å²) in [5, 5.41) is 10.0. The first-order valence-electron chi connectivity index (χ1n) is 11.8. The minimum Gasteiger partial charge on any atom is -0.497 e. The molecule has 0 fully saturated rings. The van der Waals surface area contributed by atoms with Crippen LogP contribution in [0, 0.1) is 6.92 Å². The highest BCUT2D eigenvalue weighted by atomic mass is 35.5. The van der Waals surface area contributed by atoms with Crippen molar-refractivity contribution in [3.63, 3.8) is 0 Å². The Morgan fingerprint density at radius 2 is 1.89 bits per heavy atom. The normalized spacial score (nSPS) is 19.0. The fraction of sp³-hybridized carbons (Fsp3) is 0.214. The fourth-order valence-electron chi connectivity index (χ4n) is 4.24. The molecule has 37 heavy (non-hydrogen) atoms. The van der Waals surface area contributed by atoms with E-state index in [-0.39, 0.29) is 24.3 Å². The summed E-state index contributed by atoms with van der Waals surface area (Å²) < 4.78 is 5.28. The molecule has 5 rings (SSSR count). The molecule has 2 atom stereocenters. The number of hydrogen-bond donors (Lipinski definition) is 1. The van der Waals surface area contributed by atoms with E-state index in [1.165, 1.54) is 11.8 Å². The molecular weight excluding hydrogens is 508 g/mol. The van der Waals surface area contributed by atoms with Gasteiger partial charge in [-0.15, -0.1) is 0 Å². The Kier molecular flexibility index (Phi) is 7.30. The van der Waals surface area contributed by atoms with Gasteiger partial charge in [0.2, 0.25) is 5.91 Å². The summed E-state index contributed by atoms with van der Waals surface area (Å²) in [7, 11) is 1.63. The quantitative estimate of drug-likeness (QED) is 0.431. The van der Waals surface area contributed by atoms with Crippen LogP contribution in [0.2, 0.25) is 5.02 Å². The molecule has 2 aliphatic heterocycles.